The van der Waals surface area contributed by atoms with Gasteiger partial charge >= 0.3 is 11.8 Å². The topological polar surface area (TPSA) is 79.8 Å². The van der Waals surface area contributed by atoms with Crippen molar-refractivity contribution in [2.75, 3.05) is 11.9 Å². The molecule has 0 aromatic heterocycles. The van der Waals surface area contributed by atoms with E-state index in [1.807, 2.05) is 31.2 Å². The number of hydrogen-bond donors (Lipinski definition) is 2. The molecule has 0 bridgehead atoms. The molecule has 0 fully saturated rings. The average Bonchev–Trinajstić information content (AvgIpc) is 2.62. The lowest BCUT2D eigenvalue weighted by molar-refractivity contribution is -0.136. The lowest BCUT2D eigenvalue weighted by Gasteiger charge is -2.06. The zero-order valence-corrected chi connectivity index (χ0v) is 13.9. The summed E-state index contributed by atoms with van der Waals surface area (Å²) in [7, 11) is 0. The van der Waals surface area contributed by atoms with Crippen LogP contribution < -0.4 is 15.5 Å². The molecule has 0 aliphatic rings. The molecular formula is C19H19N3O3. The van der Waals surface area contributed by atoms with Gasteiger partial charge in [0, 0.05) is 11.3 Å². The maximum Gasteiger partial charge on any atom is 0.329 e. The van der Waals surface area contributed by atoms with Gasteiger partial charge in [-0.3, -0.25) is 9.59 Å². The van der Waals surface area contributed by atoms with E-state index in [-0.39, 0.29) is 0 Å². The Balaban J connectivity index is 1.92. The molecule has 0 spiro atoms. The van der Waals surface area contributed by atoms with Crippen LogP contribution in [0.1, 0.15) is 11.1 Å². The van der Waals surface area contributed by atoms with Crippen LogP contribution in [0, 0.1) is 6.92 Å². The van der Waals surface area contributed by atoms with Crippen molar-refractivity contribution in [1.82, 2.24) is 5.43 Å². The van der Waals surface area contributed by atoms with Crippen LogP contribution in [0.3, 0.4) is 0 Å². The number of aryl methyl sites for hydroxylation is 1. The fraction of sp³-hybridized carbons (Fsp3) is 0.105. The van der Waals surface area contributed by atoms with E-state index in [2.05, 4.69) is 22.4 Å². The summed E-state index contributed by atoms with van der Waals surface area (Å²) in [5.74, 6) is -1.05. The SMILES string of the molecule is C=CCOc1ccccc1/C=N/NC(=O)C(=O)Nc1ccc(C)cc1. The zero-order chi connectivity index (χ0) is 18.1. The van der Waals surface area contributed by atoms with Crippen LogP contribution in [-0.2, 0) is 9.59 Å². The minimum absolute atomic E-state index is 0.357. The Kier molecular flexibility index (Phi) is 6.47. The quantitative estimate of drug-likeness (QED) is 0.368. The summed E-state index contributed by atoms with van der Waals surface area (Å²) in [4.78, 5) is 23.6. The predicted molar refractivity (Wildman–Crippen MR) is 97.7 cm³/mol. The number of carbonyl (C=O) groups is 2. The highest BCUT2D eigenvalue weighted by atomic mass is 16.5. The first kappa shape index (κ1) is 17.9. The lowest BCUT2D eigenvalue weighted by atomic mass is 10.2. The smallest absolute Gasteiger partial charge is 0.329 e. The molecule has 2 aromatic carbocycles. The Morgan fingerprint density at radius 2 is 1.84 bits per heavy atom. The molecule has 0 atom stereocenters. The standard InChI is InChI=1S/C19H19N3O3/c1-3-12-25-17-7-5-4-6-15(17)13-20-22-19(24)18(23)21-16-10-8-14(2)9-11-16/h3-11,13H,1,12H2,2H3,(H,21,23)(H,22,24)/b20-13+. The molecule has 0 saturated carbocycles. The van der Waals surface area contributed by atoms with E-state index < -0.39 is 11.8 Å². The highest BCUT2D eigenvalue weighted by molar-refractivity contribution is 6.39. The third-order valence-electron chi connectivity index (χ3n) is 3.16. The summed E-state index contributed by atoms with van der Waals surface area (Å²) in [5.41, 5.74) is 4.46. The maximum absolute atomic E-state index is 11.8. The van der Waals surface area contributed by atoms with Gasteiger partial charge in [0.1, 0.15) is 12.4 Å². The molecule has 2 N–H and O–H groups in total. The van der Waals surface area contributed by atoms with E-state index >= 15 is 0 Å². The molecule has 0 radical (unpaired) electrons. The van der Waals surface area contributed by atoms with Crippen molar-refractivity contribution in [3.63, 3.8) is 0 Å². The summed E-state index contributed by atoms with van der Waals surface area (Å²) in [6, 6.07) is 14.3. The number of para-hydroxylation sites is 1. The molecule has 128 valence electrons. The lowest BCUT2D eigenvalue weighted by Crippen LogP contribution is -2.32. The molecule has 6 heteroatoms. The van der Waals surface area contributed by atoms with Crippen LogP contribution in [0.5, 0.6) is 5.75 Å². The summed E-state index contributed by atoms with van der Waals surface area (Å²) in [6.07, 6.45) is 3.04. The second-order valence-electron chi connectivity index (χ2n) is 5.16. The first-order valence-electron chi connectivity index (χ1n) is 7.64. The third kappa shape index (κ3) is 5.62. The Labute approximate surface area is 146 Å². The minimum Gasteiger partial charge on any atom is -0.489 e. The summed E-state index contributed by atoms with van der Waals surface area (Å²) < 4.78 is 5.48. The molecule has 2 rings (SSSR count). The molecule has 0 aliphatic heterocycles. The molecule has 25 heavy (non-hydrogen) atoms. The number of nitrogens with zero attached hydrogens (tertiary/aromatic N) is 1. The van der Waals surface area contributed by atoms with Gasteiger partial charge in [-0.05, 0) is 31.2 Å². The van der Waals surface area contributed by atoms with Crippen molar-refractivity contribution in [3.8, 4) is 5.75 Å². The highest BCUT2D eigenvalue weighted by Crippen LogP contribution is 2.15. The second kappa shape index (κ2) is 9.02. The summed E-state index contributed by atoms with van der Waals surface area (Å²) in [5, 5.41) is 6.29. The number of anilines is 1. The third-order valence-corrected chi connectivity index (χ3v) is 3.16. The van der Waals surface area contributed by atoms with Gasteiger partial charge in [0.15, 0.2) is 0 Å². The number of nitrogens with one attached hydrogen (secondary N) is 2. The minimum atomic E-state index is -0.860. The number of benzene rings is 2. The molecule has 0 aliphatic carbocycles. The van der Waals surface area contributed by atoms with Crippen molar-refractivity contribution < 1.29 is 14.3 Å². The number of rotatable bonds is 6. The van der Waals surface area contributed by atoms with Crippen LogP contribution in [0.4, 0.5) is 5.69 Å². The molecule has 2 aromatic rings. The van der Waals surface area contributed by atoms with Crippen molar-refractivity contribution in [3.05, 3.63) is 72.3 Å². The largest absolute Gasteiger partial charge is 0.489 e. The van der Waals surface area contributed by atoms with Crippen LogP contribution >= 0.6 is 0 Å². The van der Waals surface area contributed by atoms with Gasteiger partial charge in [-0.25, -0.2) is 5.43 Å². The average molecular weight is 337 g/mol. The van der Waals surface area contributed by atoms with Crippen molar-refractivity contribution in [2.45, 2.75) is 6.92 Å². The van der Waals surface area contributed by atoms with Gasteiger partial charge in [-0.15, -0.1) is 0 Å². The van der Waals surface area contributed by atoms with Gasteiger partial charge in [0.25, 0.3) is 0 Å². The zero-order valence-electron chi connectivity index (χ0n) is 13.9. The van der Waals surface area contributed by atoms with E-state index in [4.69, 9.17) is 4.74 Å². The van der Waals surface area contributed by atoms with E-state index in [1.54, 1.807) is 30.3 Å². The van der Waals surface area contributed by atoms with Gasteiger partial charge in [0.05, 0.1) is 6.21 Å². The van der Waals surface area contributed by atoms with Gasteiger partial charge in [0.2, 0.25) is 0 Å². The first-order valence-corrected chi connectivity index (χ1v) is 7.64. The number of carbonyl (C=O) groups excluding carboxylic acids is 2. The van der Waals surface area contributed by atoms with Crippen molar-refractivity contribution in [1.29, 1.82) is 0 Å². The van der Waals surface area contributed by atoms with E-state index in [1.165, 1.54) is 6.21 Å². The first-order chi connectivity index (χ1) is 12.1. The van der Waals surface area contributed by atoms with Crippen LogP contribution in [0.15, 0.2) is 66.3 Å². The normalized spacial score (nSPS) is 10.3. The Bertz CT molecular complexity index is 783. The van der Waals surface area contributed by atoms with E-state index in [0.717, 1.165) is 5.56 Å². The highest BCUT2D eigenvalue weighted by Gasteiger charge is 2.12. The summed E-state index contributed by atoms with van der Waals surface area (Å²) in [6.45, 7) is 5.88. The number of ether oxygens (including phenoxy) is 1. The van der Waals surface area contributed by atoms with Gasteiger partial charge in [-0.2, -0.15) is 5.10 Å². The molecule has 0 saturated heterocycles. The number of amides is 2. The van der Waals surface area contributed by atoms with Gasteiger partial charge < -0.3 is 10.1 Å². The van der Waals surface area contributed by atoms with Crippen LogP contribution in [-0.4, -0.2) is 24.6 Å². The van der Waals surface area contributed by atoms with Crippen LogP contribution in [0.2, 0.25) is 0 Å². The Morgan fingerprint density at radius 1 is 1.12 bits per heavy atom. The van der Waals surface area contributed by atoms with E-state index in [9.17, 15) is 9.59 Å². The van der Waals surface area contributed by atoms with Gasteiger partial charge in [-0.1, -0.05) is 42.5 Å². The van der Waals surface area contributed by atoms with Crippen molar-refractivity contribution in [2.24, 2.45) is 5.10 Å². The molecule has 2 amide bonds. The predicted octanol–water partition coefficient (Wildman–Crippen LogP) is 2.65. The number of hydrazone groups is 1. The molecule has 6 nitrogen and oxygen atoms in total. The number of hydrogen-bond acceptors (Lipinski definition) is 4. The Morgan fingerprint density at radius 3 is 2.56 bits per heavy atom. The molecule has 0 unspecified atom stereocenters. The van der Waals surface area contributed by atoms with Crippen molar-refractivity contribution >= 4 is 23.7 Å². The van der Waals surface area contributed by atoms with E-state index in [0.29, 0.717) is 23.6 Å². The monoisotopic (exact) mass is 337 g/mol. The molecular weight excluding hydrogens is 318 g/mol. The summed E-state index contributed by atoms with van der Waals surface area (Å²) >= 11 is 0. The molecule has 0 heterocycles. The Hall–Kier alpha value is -3.41. The second-order valence-corrected chi connectivity index (χ2v) is 5.16. The maximum atomic E-state index is 11.8. The van der Waals surface area contributed by atoms with Crippen LogP contribution in [0.25, 0.3) is 0 Å². The fourth-order valence-electron chi connectivity index (χ4n) is 1.90. The fourth-order valence-corrected chi connectivity index (χ4v) is 1.90.